The van der Waals surface area contributed by atoms with E-state index in [0.717, 1.165) is 25.1 Å². The molecule has 2 amide bonds. The van der Waals surface area contributed by atoms with Gasteiger partial charge in [0.1, 0.15) is 12.7 Å². The molecule has 0 atom stereocenters. The lowest BCUT2D eigenvalue weighted by atomic mass is 10.2. The van der Waals surface area contributed by atoms with E-state index in [0.29, 0.717) is 18.9 Å². The van der Waals surface area contributed by atoms with E-state index >= 15 is 0 Å². The summed E-state index contributed by atoms with van der Waals surface area (Å²) < 4.78 is 1.58. The first-order valence-corrected chi connectivity index (χ1v) is 9.38. The molecule has 8 nitrogen and oxygen atoms in total. The van der Waals surface area contributed by atoms with Gasteiger partial charge >= 0.3 is 6.03 Å². The Labute approximate surface area is 164 Å². The van der Waals surface area contributed by atoms with Gasteiger partial charge in [0.2, 0.25) is 0 Å². The molecule has 1 aromatic carbocycles. The van der Waals surface area contributed by atoms with Crippen molar-refractivity contribution in [3.8, 4) is 5.82 Å². The third-order valence-corrected chi connectivity index (χ3v) is 4.34. The fraction of sp³-hybridized carbons (Fsp3) is 0.300. The highest BCUT2D eigenvalue weighted by molar-refractivity contribution is 5.73. The van der Waals surface area contributed by atoms with Crippen molar-refractivity contribution in [2.75, 3.05) is 24.5 Å². The number of benzene rings is 1. The number of amides is 2. The van der Waals surface area contributed by atoms with Crippen molar-refractivity contribution < 1.29 is 4.79 Å². The van der Waals surface area contributed by atoms with Crippen LogP contribution >= 0.6 is 0 Å². The fourth-order valence-corrected chi connectivity index (χ4v) is 2.91. The summed E-state index contributed by atoms with van der Waals surface area (Å²) in [5.41, 5.74) is 2.07. The molecule has 2 heterocycles. The van der Waals surface area contributed by atoms with Gasteiger partial charge in [-0.3, -0.25) is 0 Å². The number of urea groups is 1. The van der Waals surface area contributed by atoms with Crippen LogP contribution in [0.3, 0.4) is 0 Å². The van der Waals surface area contributed by atoms with Crippen molar-refractivity contribution >= 4 is 11.7 Å². The van der Waals surface area contributed by atoms with Crippen molar-refractivity contribution in [2.24, 2.45) is 0 Å². The van der Waals surface area contributed by atoms with Crippen molar-refractivity contribution in [1.82, 2.24) is 30.4 Å². The molecule has 0 spiro atoms. The molecule has 3 aromatic rings. The van der Waals surface area contributed by atoms with Crippen LogP contribution in [0, 0.1) is 0 Å². The Morgan fingerprint density at radius 1 is 1.14 bits per heavy atom. The zero-order valence-electron chi connectivity index (χ0n) is 16.0. The van der Waals surface area contributed by atoms with Crippen LogP contribution in [0.4, 0.5) is 10.5 Å². The molecule has 2 aromatic heterocycles. The molecule has 28 heavy (non-hydrogen) atoms. The van der Waals surface area contributed by atoms with Crippen molar-refractivity contribution in [3.05, 3.63) is 66.9 Å². The van der Waals surface area contributed by atoms with Gasteiger partial charge in [-0.25, -0.2) is 19.4 Å². The molecule has 0 aliphatic heterocycles. The number of hydrogen-bond donors (Lipinski definition) is 2. The second-order valence-electron chi connectivity index (χ2n) is 6.20. The summed E-state index contributed by atoms with van der Waals surface area (Å²) in [7, 11) is 0. The van der Waals surface area contributed by atoms with Crippen LogP contribution in [-0.4, -0.2) is 45.4 Å². The predicted molar refractivity (Wildman–Crippen MR) is 108 cm³/mol. The smallest absolute Gasteiger partial charge is 0.315 e. The number of nitrogens with one attached hydrogen (secondary N) is 2. The van der Waals surface area contributed by atoms with Crippen molar-refractivity contribution in [2.45, 2.75) is 19.9 Å². The van der Waals surface area contributed by atoms with Crippen LogP contribution < -0.4 is 15.5 Å². The normalized spacial score (nSPS) is 10.5. The maximum atomic E-state index is 12.1. The van der Waals surface area contributed by atoms with Gasteiger partial charge in [0.25, 0.3) is 0 Å². The number of rotatable bonds is 9. The number of anilines is 1. The van der Waals surface area contributed by atoms with Gasteiger partial charge in [-0.05, 0) is 31.5 Å². The Bertz CT molecular complexity index is 852. The summed E-state index contributed by atoms with van der Waals surface area (Å²) >= 11 is 0. The Kier molecular flexibility index (Phi) is 6.95. The summed E-state index contributed by atoms with van der Waals surface area (Å²) in [6, 6.07) is 13.8. The Hall–Kier alpha value is -3.42. The molecule has 0 aliphatic rings. The molecule has 0 unspecified atom stereocenters. The lowest BCUT2D eigenvalue weighted by Crippen LogP contribution is -2.37. The summed E-state index contributed by atoms with van der Waals surface area (Å²) in [6.07, 6.45) is 5.59. The van der Waals surface area contributed by atoms with E-state index in [9.17, 15) is 4.79 Å². The lowest BCUT2D eigenvalue weighted by molar-refractivity contribution is 0.240. The van der Waals surface area contributed by atoms with E-state index in [-0.39, 0.29) is 6.03 Å². The van der Waals surface area contributed by atoms with E-state index in [2.05, 4.69) is 49.7 Å². The number of carbonyl (C=O) groups excluding carboxylic acids is 1. The average molecular weight is 379 g/mol. The number of pyridine rings is 1. The second kappa shape index (κ2) is 10.1. The quantitative estimate of drug-likeness (QED) is 0.557. The first-order valence-electron chi connectivity index (χ1n) is 9.38. The largest absolute Gasteiger partial charge is 0.372 e. The third kappa shape index (κ3) is 5.29. The van der Waals surface area contributed by atoms with Crippen molar-refractivity contribution in [1.29, 1.82) is 0 Å². The molecule has 0 fully saturated rings. The maximum Gasteiger partial charge on any atom is 0.315 e. The molecule has 2 N–H and O–H groups in total. The first-order chi connectivity index (χ1) is 13.8. The molecule has 146 valence electrons. The standard InChI is InChI=1S/C20H25N7O/c1-2-26(18-9-4-3-5-10-18)13-7-12-23-20(28)24-14-17-8-6-11-22-19(17)27-16-21-15-25-27/h3-6,8-11,15-16H,2,7,12-14H2,1H3,(H2,23,24,28). The molecular weight excluding hydrogens is 354 g/mol. The third-order valence-electron chi connectivity index (χ3n) is 4.34. The van der Waals surface area contributed by atoms with Gasteiger partial charge in [0.15, 0.2) is 5.82 Å². The van der Waals surface area contributed by atoms with Gasteiger partial charge in [-0.15, -0.1) is 0 Å². The lowest BCUT2D eigenvalue weighted by Gasteiger charge is -2.23. The second-order valence-corrected chi connectivity index (χ2v) is 6.20. The molecule has 3 rings (SSSR count). The van der Waals surface area contributed by atoms with Crippen LogP contribution in [-0.2, 0) is 6.54 Å². The molecule has 8 heteroatoms. The number of aromatic nitrogens is 4. The van der Waals surface area contributed by atoms with Crippen LogP contribution in [0.5, 0.6) is 0 Å². The topological polar surface area (TPSA) is 88.0 Å². The number of para-hydroxylation sites is 1. The minimum Gasteiger partial charge on any atom is -0.372 e. The summed E-state index contributed by atoms with van der Waals surface area (Å²) in [5.74, 6) is 0.654. The Morgan fingerprint density at radius 2 is 2.00 bits per heavy atom. The van der Waals surface area contributed by atoms with Crippen molar-refractivity contribution in [3.63, 3.8) is 0 Å². The van der Waals surface area contributed by atoms with Gasteiger partial charge in [0.05, 0.1) is 0 Å². The predicted octanol–water partition coefficient (Wildman–Crippen LogP) is 2.38. The van der Waals surface area contributed by atoms with E-state index in [4.69, 9.17) is 0 Å². The monoisotopic (exact) mass is 379 g/mol. The molecule has 0 aliphatic carbocycles. The molecule has 0 saturated heterocycles. The maximum absolute atomic E-state index is 12.1. The number of hydrogen-bond acceptors (Lipinski definition) is 5. The SMILES string of the molecule is CCN(CCCNC(=O)NCc1cccnc1-n1cncn1)c1ccccc1. The zero-order chi connectivity index (χ0) is 19.6. The summed E-state index contributed by atoms with van der Waals surface area (Å²) in [4.78, 5) is 22.7. The molecule has 0 bridgehead atoms. The minimum atomic E-state index is -0.198. The first kappa shape index (κ1) is 19.3. The molecular formula is C20H25N7O. The summed E-state index contributed by atoms with van der Waals surface area (Å²) in [5, 5.41) is 9.87. The number of nitrogens with zero attached hydrogens (tertiary/aromatic N) is 5. The van der Waals surface area contributed by atoms with Gasteiger partial charge < -0.3 is 15.5 Å². The van der Waals surface area contributed by atoms with Crippen LogP contribution in [0.2, 0.25) is 0 Å². The van der Waals surface area contributed by atoms with E-state index in [1.54, 1.807) is 17.2 Å². The highest BCUT2D eigenvalue weighted by Crippen LogP contribution is 2.12. The van der Waals surface area contributed by atoms with Gasteiger partial charge in [0, 0.05) is 43.6 Å². The fourth-order valence-electron chi connectivity index (χ4n) is 2.91. The molecule has 0 saturated carbocycles. The zero-order valence-corrected chi connectivity index (χ0v) is 16.0. The highest BCUT2D eigenvalue weighted by atomic mass is 16.2. The van der Waals surface area contributed by atoms with Gasteiger partial charge in [-0.1, -0.05) is 24.3 Å². The Morgan fingerprint density at radius 3 is 2.75 bits per heavy atom. The van der Waals surface area contributed by atoms with E-state index in [1.807, 2.05) is 30.3 Å². The molecule has 0 radical (unpaired) electrons. The van der Waals surface area contributed by atoms with Crippen LogP contribution in [0.1, 0.15) is 18.9 Å². The Balaban J connectivity index is 1.42. The minimum absolute atomic E-state index is 0.198. The van der Waals surface area contributed by atoms with Crippen LogP contribution in [0.25, 0.3) is 5.82 Å². The number of carbonyl (C=O) groups is 1. The van der Waals surface area contributed by atoms with Crippen LogP contribution in [0.15, 0.2) is 61.3 Å². The highest BCUT2D eigenvalue weighted by Gasteiger charge is 2.08. The van der Waals surface area contributed by atoms with E-state index in [1.165, 1.54) is 12.0 Å². The van der Waals surface area contributed by atoms with Gasteiger partial charge in [-0.2, -0.15) is 5.10 Å². The van der Waals surface area contributed by atoms with E-state index < -0.39 is 0 Å². The average Bonchev–Trinajstić information content (AvgIpc) is 3.28. The summed E-state index contributed by atoms with van der Waals surface area (Å²) in [6.45, 7) is 4.92.